The van der Waals surface area contributed by atoms with Crippen molar-refractivity contribution in [2.24, 2.45) is 0 Å². The molecular weight excluding hydrogens is 448 g/mol. The Morgan fingerprint density at radius 1 is 1.22 bits per heavy atom. The van der Waals surface area contributed by atoms with E-state index in [-0.39, 0.29) is 12.5 Å². The van der Waals surface area contributed by atoms with Crippen LogP contribution in [-0.2, 0) is 23.6 Å². The van der Waals surface area contributed by atoms with Crippen LogP contribution in [-0.4, -0.2) is 49.8 Å². The summed E-state index contributed by atoms with van der Waals surface area (Å²) in [5, 5.41) is 1.02. The molecule has 0 amide bonds. The predicted octanol–water partition coefficient (Wildman–Crippen LogP) is 5.27. The van der Waals surface area contributed by atoms with Crippen molar-refractivity contribution < 1.29 is 19.0 Å². The van der Waals surface area contributed by atoms with Gasteiger partial charge < -0.3 is 14.2 Å². The lowest BCUT2D eigenvalue weighted by molar-refractivity contribution is 0.0526. The summed E-state index contributed by atoms with van der Waals surface area (Å²) in [5.74, 6) is 0.933. The molecule has 0 aliphatic carbocycles. The summed E-state index contributed by atoms with van der Waals surface area (Å²) >= 11 is 7.99. The van der Waals surface area contributed by atoms with E-state index in [0.717, 1.165) is 47.4 Å². The van der Waals surface area contributed by atoms with E-state index >= 15 is 0 Å². The van der Waals surface area contributed by atoms with Crippen LogP contribution < -0.4 is 9.47 Å². The van der Waals surface area contributed by atoms with Crippen LogP contribution >= 0.6 is 22.9 Å². The average Bonchev–Trinajstić information content (AvgIpc) is 3.19. The molecule has 4 rings (SSSR count). The van der Waals surface area contributed by atoms with Gasteiger partial charge in [-0.1, -0.05) is 13.0 Å². The van der Waals surface area contributed by atoms with Gasteiger partial charge in [0.1, 0.15) is 4.83 Å². The van der Waals surface area contributed by atoms with Crippen LogP contribution in [0, 0.1) is 0 Å². The lowest BCUT2D eigenvalue weighted by atomic mass is 9.92. The first-order valence-electron chi connectivity index (χ1n) is 10.7. The number of rotatable bonds is 7. The van der Waals surface area contributed by atoms with Crippen LogP contribution in [0.25, 0.3) is 21.3 Å². The number of thiophene rings is 1. The molecule has 0 radical (unpaired) electrons. The molecule has 0 N–H and O–H groups in total. The van der Waals surface area contributed by atoms with Gasteiger partial charge in [0.15, 0.2) is 11.5 Å². The third-order valence-electron chi connectivity index (χ3n) is 5.87. The van der Waals surface area contributed by atoms with Crippen LogP contribution in [0.5, 0.6) is 11.5 Å². The second kappa shape index (κ2) is 9.65. The highest BCUT2D eigenvalue weighted by atomic mass is 35.5. The Hall–Kier alpha value is -2.35. The van der Waals surface area contributed by atoms with Crippen LogP contribution in [0.1, 0.15) is 40.3 Å². The fourth-order valence-corrected chi connectivity index (χ4v) is 5.78. The molecule has 0 unspecified atom stereocenters. The number of esters is 1. The van der Waals surface area contributed by atoms with Crippen LogP contribution in [0.3, 0.4) is 0 Å². The topological polar surface area (TPSA) is 60.9 Å². The number of likely N-dealkylation sites (N-methyl/N-ethyl adjacent to an activating group) is 1. The average molecular weight is 475 g/mol. The summed E-state index contributed by atoms with van der Waals surface area (Å²) < 4.78 is 16.4. The number of ether oxygens (including phenoxy) is 3. The fourth-order valence-electron chi connectivity index (χ4n) is 4.30. The van der Waals surface area contributed by atoms with Gasteiger partial charge in [0, 0.05) is 28.9 Å². The number of alkyl halides is 1. The first kappa shape index (κ1) is 22.8. The normalized spacial score (nSPS) is 13.8. The number of carbonyl (C=O) groups is 1. The molecule has 1 aromatic carbocycles. The van der Waals surface area contributed by atoms with Gasteiger partial charge in [-0.3, -0.25) is 4.90 Å². The van der Waals surface area contributed by atoms with E-state index in [1.807, 2.05) is 18.2 Å². The van der Waals surface area contributed by atoms with E-state index < -0.39 is 5.97 Å². The largest absolute Gasteiger partial charge is 0.493 e. The Balaban J connectivity index is 2.06. The van der Waals surface area contributed by atoms with Gasteiger partial charge in [-0.25, -0.2) is 9.78 Å². The number of methoxy groups -OCH3 is 2. The summed E-state index contributed by atoms with van der Waals surface area (Å²) in [5.41, 5.74) is 3.89. The van der Waals surface area contributed by atoms with E-state index in [2.05, 4.69) is 11.8 Å². The van der Waals surface area contributed by atoms with Gasteiger partial charge >= 0.3 is 5.97 Å². The molecule has 0 spiro atoms. The lowest BCUT2D eigenvalue weighted by Crippen LogP contribution is -2.29. The van der Waals surface area contributed by atoms with Crippen molar-refractivity contribution in [1.82, 2.24) is 9.88 Å². The van der Waals surface area contributed by atoms with Gasteiger partial charge in [0.25, 0.3) is 0 Å². The van der Waals surface area contributed by atoms with Gasteiger partial charge in [-0.15, -0.1) is 22.9 Å². The van der Waals surface area contributed by atoms with Crippen LogP contribution in [0.4, 0.5) is 0 Å². The monoisotopic (exact) mass is 474 g/mol. The van der Waals surface area contributed by atoms with Crippen molar-refractivity contribution in [3.05, 3.63) is 39.9 Å². The van der Waals surface area contributed by atoms with Crippen molar-refractivity contribution in [1.29, 1.82) is 0 Å². The van der Waals surface area contributed by atoms with Gasteiger partial charge in [-0.05, 0) is 43.1 Å². The standard InChI is InChI=1S/C24H27ClN2O4S/c1-5-27-10-9-15-19(13-27)32-23-21(15)20(14-7-8-17(29-3)18(11-14)30-4)22(16(12-25)26-23)24(28)31-6-2/h7-8,11H,5-6,9-10,12-13H2,1-4H3. The van der Waals surface area contributed by atoms with E-state index in [9.17, 15) is 4.79 Å². The van der Waals surface area contributed by atoms with E-state index in [0.29, 0.717) is 22.8 Å². The molecule has 0 atom stereocenters. The van der Waals surface area contributed by atoms with Crippen LogP contribution in [0.2, 0.25) is 0 Å². The number of halogens is 1. The van der Waals surface area contributed by atoms with E-state index in [1.54, 1.807) is 32.5 Å². The lowest BCUT2D eigenvalue weighted by Gasteiger charge is -2.25. The maximum Gasteiger partial charge on any atom is 0.340 e. The minimum Gasteiger partial charge on any atom is -0.493 e. The molecular formula is C24H27ClN2O4S. The highest BCUT2D eigenvalue weighted by molar-refractivity contribution is 7.19. The Morgan fingerprint density at radius 3 is 2.66 bits per heavy atom. The molecule has 32 heavy (non-hydrogen) atoms. The zero-order valence-corrected chi connectivity index (χ0v) is 20.4. The molecule has 0 saturated heterocycles. The van der Waals surface area contributed by atoms with Crippen LogP contribution in [0.15, 0.2) is 18.2 Å². The Morgan fingerprint density at radius 2 is 2.00 bits per heavy atom. The maximum absolute atomic E-state index is 13.1. The third kappa shape index (κ3) is 3.93. The molecule has 0 fully saturated rings. The fraction of sp³-hybridized carbons (Fsp3) is 0.417. The molecule has 1 aliphatic rings. The maximum atomic E-state index is 13.1. The smallest absolute Gasteiger partial charge is 0.340 e. The first-order valence-corrected chi connectivity index (χ1v) is 12.1. The second-order valence-corrected chi connectivity index (χ2v) is 8.89. The molecule has 170 valence electrons. The van der Waals surface area contributed by atoms with Gasteiger partial charge in [-0.2, -0.15) is 0 Å². The first-order chi connectivity index (χ1) is 15.6. The molecule has 2 aromatic heterocycles. The number of carbonyl (C=O) groups excluding carboxylic acids is 1. The minimum absolute atomic E-state index is 0.119. The van der Waals surface area contributed by atoms with Crippen molar-refractivity contribution in [3.8, 4) is 22.6 Å². The number of nitrogens with zero attached hydrogens (tertiary/aromatic N) is 2. The van der Waals surface area contributed by atoms with E-state index in [1.165, 1.54) is 10.4 Å². The van der Waals surface area contributed by atoms with Gasteiger partial charge in [0.2, 0.25) is 0 Å². The third-order valence-corrected chi connectivity index (χ3v) is 7.23. The number of hydrogen-bond acceptors (Lipinski definition) is 7. The minimum atomic E-state index is -0.409. The highest BCUT2D eigenvalue weighted by Gasteiger charge is 2.29. The Bertz CT molecular complexity index is 1160. The molecule has 8 heteroatoms. The van der Waals surface area contributed by atoms with Crippen molar-refractivity contribution in [3.63, 3.8) is 0 Å². The zero-order valence-electron chi connectivity index (χ0n) is 18.8. The summed E-state index contributed by atoms with van der Waals surface area (Å²) in [6, 6.07) is 5.70. The van der Waals surface area contributed by atoms with Crippen molar-refractivity contribution in [2.45, 2.75) is 32.7 Å². The van der Waals surface area contributed by atoms with Crippen molar-refractivity contribution in [2.75, 3.05) is 33.9 Å². The predicted molar refractivity (Wildman–Crippen MR) is 128 cm³/mol. The SMILES string of the molecule is CCOC(=O)c1c(CCl)nc2sc3c(c2c1-c1ccc(OC)c(OC)c1)CCN(CC)C3. The number of hydrogen-bond donors (Lipinski definition) is 0. The number of aromatic nitrogens is 1. The summed E-state index contributed by atoms with van der Waals surface area (Å²) in [4.78, 5) is 22.6. The molecule has 0 bridgehead atoms. The number of benzene rings is 1. The molecule has 3 aromatic rings. The molecule has 1 aliphatic heterocycles. The van der Waals surface area contributed by atoms with Gasteiger partial charge in [0.05, 0.1) is 38.0 Å². The molecule has 6 nitrogen and oxygen atoms in total. The summed E-state index contributed by atoms with van der Waals surface area (Å²) in [6.07, 6.45) is 0.910. The number of fused-ring (bicyclic) bond motifs is 3. The summed E-state index contributed by atoms with van der Waals surface area (Å²) in [6.45, 7) is 7.12. The second-order valence-electron chi connectivity index (χ2n) is 7.54. The molecule has 0 saturated carbocycles. The number of pyridine rings is 1. The Labute approximate surface area is 197 Å². The molecule has 3 heterocycles. The Kier molecular flexibility index (Phi) is 6.88. The summed E-state index contributed by atoms with van der Waals surface area (Å²) in [7, 11) is 3.21. The quantitative estimate of drug-likeness (QED) is 0.343. The van der Waals surface area contributed by atoms with E-state index in [4.69, 9.17) is 30.8 Å². The zero-order chi connectivity index (χ0) is 22.8. The van der Waals surface area contributed by atoms with Crippen molar-refractivity contribution >= 4 is 39.1 Å². The highest BCUT2D eigenvalue weighted by Crippen LogP contribution is 2.44.